The fourth-order valence-corrected chi connectivity index (χ4v) is 9.23. The number of hydrogen-bond donors (Lipinski definition) is 1. The lowest BCUT2D eigenvalue weighted by atomic mass is 9.71. The summed E-state index contributed by atoms with van der Waals surface area (Å²) in [6.45, 7) is 4.65. The van der Waals surface area contributed by atoms with E-state index in [1.54, 1.807) is 6.92 Å². The summed E-state index contributed by atoms with van der Waals surface area (Å²) >= 11 is 1.22. The van der Waals surface area contributed by atoms with Gasteiger partial charge in [0.2, 0.25) is 12.6 Å². The molecule has 7 rings (SSSR count). The number of ether oxygens (including phenoxy) is 5. The van der Waals surface area contributed by atoms with Crippen LogP contribution in [0.25, 0.3) is 0 Å². The summed E-state index contributed by atoms with van der Waals surface area (Å²) < 4.78 is 29.0. The zero-order valence-corrected chi connectivity index (χ0v) is 25.6. The van der Waals surface area contributed by atoms with Crippen molar-refractivity contribution in [2.24, 2.45) is 0 Å². The Hall–Kier alpha value is -3.99. The van der Waals surface area contributed by atoms with Crippen LogP contribution < -0.4 is 18.9 Å². The average molecular weight is 622 g/mol. The highest BCUT2D eigenvalue weighted by atomic mass is 32.2. The number of ketones is 1. The van der Waals surface area contributed by atoms with Gasteiger partial charge in [-0.15, -0.1) is 11.8 Å². The van der Waals surface area contributed by atoms with Gasteiger partial charge >= 0.3 is 11.9 Å². The van der Waals surface area contributed by atoms with Gasteiger partial charge in [0, 0.05) is 41.3 Å². The number of methoxy groups -OCH3 is 1. The maximum Gasteiger partial charge on any atom is 0.375 e. The maximum atomic E-state index is 12.9. The molecular formula is C31H31N3O9S. The van der Waals surface area contributed by atoms with E-state index in [4.69, 9.17) is 23.7 Å². The lowest BCUT2D eigenvalue weighted by Crippen LogP contribution is -2.69. The number of carbonyl (C=O) groups is 3. The number of phenolic OH excluding ortho intramolecular Hbond substituents is 1. The number of fused-ring (bicyclic) bond motifs is 9. The number of nitriles is 1. The first-order valence-corrected chi connectivity index (χ1v) is 15.4. The highest BCUT2D eigenvalue weighted by Crippen LogP contribution is 2.63. The van der Waals surface area contributed by atoms with Gasteiger partial charge < -0.3 is 28.8 Å². The van der Waals surface area contributed by atoms with Gasteiger partial charge in [-0.3, -0.25) is 19.4 Å². The first-order chi connectivity index (χ1) is 21.1. The van der Waals surface area contributed by atoms with Crippen molar-refractivity contribution in [1.82, 2.24) is 9.80 Å². The number of cyclic esters (lactones) is 1. The van der Waals surface area contributed by atoms with Gasteiger partial charge in [-0.05, 0) is 38.4 Å². The molecule has 0 aliphatic carbocycles. The van der Waals surface area contributed by atoms with Crippen LogP contribution in [0.2, 0.25) is 0 Å². The van der Waals surface area contributed by atoms with Crippen LogP contribution in [0, 0.1) is 25.2 Å². The molecule has 0 spiro atoms. The number of Topliss-reactive ketones (excluding diaryl/α,β-unsaturated/α-hetero) is 1. The molecule has 230 valence electrons. The number of thioether (sulfide) groups is 1. The van der Waals surface area contributed by atoms with Crippen LogP contribution in [0.3, 0.4) is 0 Å². The van der Waals surface area contributed by atoms with Gasteiger partial charge in [0.1, 0.15) is 18.4 Å². The molecule has 2 saturated heterocycles. The number of nitrogens with zero attached hydrogens (tertiary/aromatic N) is 3. The number of phenols is 1. The van der Waals surface area contributed by atoms with Gasteiger partial charge in [0.15, 0.2) is 23.0 Å². The van der Waals surface area contributed by atoms with Crippen molar-refractivity contribution in [2.75, 3.05) is 33.3 Å². The summed E-state index contributed by atoms with van der Waals surface area (Å²) in [5, 5.41) is 21.9. The Morgan fingerprint density at radius 2 is 1.89 bits per heavy atom. The van der Waals surface area contributed by atoms with Crippen LogP contribution in [-0.4, -0.2) is 84.1 Å². The van der Waals surface area contributed by atoms with Crippen LogP contribution >= 0.6 is 11.8 Å². The molecule has 13 heteroatoms. The SMILES string of the molecule is COc1c(C)cc2c(c1O)[C@@H]1C3[C@@H]4SCC(=O)C(=O)OC[C@@H](c5c6c(c(C)c(OC(C)=O)c54)OCO6)N3[C@@H](C#N)C(C2)N1C. The molecular weight excluding hydrogens is 590 g/mol. The number of aromatic hydroxyl groups is 1. The Morgan fingerprint density at radius 1 is 1.14 bits per heavy atom. The molecule has 4 bridgehead atoms. The highest BCUT2D eigenvalue weighted by Gasteiger charge is 2.60. The van der Waals surface area contributed by atoms with E-state index < -0.39 is 47.1 Å². The number of aryl methyl sites for hydroxylation is 1. The van der Waals surface area contributed by atoms with E-state index >= 15 is 0 Å². The van der Waals surface area contributed by atoms with Gasteiger partial charge in [-0.2, -0.15) is 5.26 Å². The Labute approximate surface area is 257 Å². The van der Waals surface area contributed by atoms with E-state index in [0.29, 0.717) is 51.7 Å². The Balaban J connectivity index is 1.57. The van der Waals surface area contributed by atoms with E-state index in [-0.39, 0.29) is 30.9 Å². The van der Waals surface area contributed by atoms with Gasteiger partial charge in [0.25, 0.3) is 0 Å². The number of hydrogen-bond acceptors (Lipinski definition) is 13. The molecule has 12 nitrogen and oxygen atoms in total. The summed E-state index contributed by atoms with van der Waals surface area (Å²) in [5.41, 5.74) is 4.16. The van der Waals surface area contributed by atoms with Crippen molar-refractivity contribution < 1.29 is 43.2 Å². The average Bonchev–Trinajstić information content (AvgIpc) is 3.47. The minimum atomic E-state index is -0.949. The third-order valence-electron chi connectivity index (χ3n) is 9.54. The lowest BCUT2D eigenvalue weighted by Gasteiger charge is -2.61. The highest BCUT2D eigenvalue weighted by molar-refractivity contribution is 8.00. The number of carbonyl (C=O) groups excluding carboxylic acids is 3. The van der Waals surface area contributed by atoms with E-state index in [1.807, 2.05) is 20.0 Å². The predicted octanol–water partition coefficient (Wildman–Crippen LogP) is 2.80. The first kappa shape index (κ1) is 28.8. The van der Waals surface area contributed by atoms with Crippen LogP contribution in [-0.2, 0) is 25.5 Å². The Morgan fingerprint density at radius 3 is 2.59 bits per heavy atom. The fourth-order valence-electron chi connectivity index (χ4n) is 7.90. The quantitative estimate of drug-likeness (QED) is 0.298. The molecule has 2 aromatic rings. The lowest BCUT2D eigenvalue weighted by molar-refractivity contribution is -0.157. The van der Waals surface area contributed by atoms with E-state index in [1.165, 1.54) is 25.8 Å². The van der Waals surface area contributed by atoms with Gasteiger partial charge in [-0.25, -0.2) is 4.79 Å². The molecule has 0 aromatic heterocycles. The largest absolute Gasteiger partial charge is 0.504 e. The molecule has 6 atom stereocenters. The number of rotatable bonds is 2. The summed E-state index contributed by atoms with van der Waals surface area (Å²) in [5.74, 6) is -0.855. The molecule has 2 unspecified atom stereocenters. The molecule has 0 saturated carbocycles. The first-order valence-electron chi connectivity index (χ1n) is 14.3. The van der Waals surface area contributed by atoms with E-state index in [2.05, 4.69) is 15.9 Å². The molecule has 5 aliphatic rings. The number of likely N-dealkylation sites (N-methyl/N-ethyl adjacent to an activating group) is 1. The summed E-state index contributed by atoms with van der Waals surface area (Å²) in [6, 6.07) is 1.81. The molecule has 5 heterocycles. The second-order valence-electron chi connectivity index (χ2n) is 11.8. The molecule has 5 aliphatic heterocycles. The molecule has 2 aromatic carbocycles. The van der Waals surface area contributed by atoms with Crippen molar-refractivity contribution in [3.63, 3.8) is 0 Å². The van der Waals surface area contributed by atoms with Crippen LogP contribution in [0.5, 0.6) is 28.7 Å². The normalized spacial score (nSPS) is 28.7. The third kappa shape index (κ3) is 3.87. The Bertz CT molecular complexity index is 1690. The number of esters is 2. The van der Waals surface area contributed by atoms with Crippen molar-refractivity contribution >= 4 is 29.5 Å². The molecule has 44 heavy (non-hydrogen) atoms. The zero-order valence-electron chi connectivity index (χ0n) is 24.8. The molecule has 0 radical (unpaired) electrons. The minimum absolute atomic E-state index is 0.0240. The number of piperazine rings is 1. The van der Waals surface area contributed by atoms with Crippen molar-refractivity contribution in [3.05, 3.63) is 39.4 Å². The van der Waals surface area contributed by atoms with Gasteiger partial charge in [0.05, 0.1) is 36.3 Å². The zero-order chi connectivity index (χ0) is 31.2. The maximum absolute atomic E-state index is 12.9. The summed E-state index contributed by atoms with van der Waals surface area (Å²) in [7, 11) is 3.45. The predicted molar refractivity (Wildman–Crippen MR) is 155 cm³/mol. The summed E-state index contributed by atoms with van der Waals surface area (Å²) in [6.07, 6.45) is 0.488. The van der Waals surface area contributed by atoms with Gasteiger partial charge in [-0.1, -0.05) is 6.07 Å². The third-order valence-corrected chi connectivity index (χ3v) is 10.8. The van der Waals surface area contributed by atoms with Crippen LogP contribution in [0.4, 0.5) is 0 Å². The molecule has 1 N–H and O–H groups in total. The standard InChI is InChI=1S/C31H31N3O9S/c1-12-6-15-7-16-17(8-32)34-18-9-40-31(38)19(36)10-44-30(24(34)23(33(16)4)20(15)25(37)26(12)39-5)22-21(18)29-28(41-11-42-29)13(2)27(22)43-14(3)35/h6,16-18,23-24,30,37H,7,9-11H2,1-5H3/t16?,17-,18-,23+,24?,30+/m0/s1. The van der Waals surface area contributed by atoms with E-state index in [0.717, 1.165) is 11.1 Å². The molecule has 0 amide bonds. The van der Waals surface area contributed by atoms with Crippen LogP contribution in [0.1, 0.15) is 57.6 Å². The van der Waals surface area contributed by atoms with Crippen molar-refractivity contribution in [1.29, 1.82) is 5.26 Å². The topological polar surface area (TPSA) is 148 Å². The fraction of sp³-hybridized carbons (Fsp3) is 0.484. The summed E-state index contributed by atoms with van der Waals surface area (Å²) in [4.78, 5) is 42.3. The molecule has 2 fully saturated rings. The van der Waals surface area contributed by atoms with Crippen molar-refractivity contribution in [2.45, 2.75) is 62.7 Å². The Kier molecular flexibility index (Phi) is 6.73. The second kappa shape index (κ2) is 10.3. The smallest absolute Gasteiger partial charge is 0.375 e. The minimum Gasteiger partial charge on any atom is -0.504 e. The van der Waals surface area contributed by atoms with E-state index in [9.17, 15) is 24.8 Å². The van der Waals surface area contributed by atoms with Crippen molar-refractivity contribution in [3.8, 4) is 34.8 Å². The van der Waals surface area contributed by atoms with Crippen LogP contribution in [0.15, 0.2) is 6.07 Å². The monoisotopic (exact) mass is 621 g/mol. The second-order valence-corrected chi connectivity index (χ2v) is 12.9. The number of benzene rings is 2.